The molecular weight excluding hydrogens is 340 g/mol. The summed E-state index contributed by atoms with van der Waals surface area (Å²) in [6.07, 6.45) is 2.23. The van der Waals surface area contributed by atoms with E-state index in [4.69, 9.17) is 5.73 Å². The molecule has 4 N–H and O–H groups in total. The molecule has 1 aliphatic rings. The number of amides is 2. The number of benzene rings is 1. The van der Waals surface area contributed by atoms with E-state index >= 15 is 0 Å². The largest absolute Gasteiger partial charge is 0.369 e. The van der Waals surface area contributed by atoms with E-state index in [9.17, 15) is 9.59 Å². The average molecular weight is 370 g/mol. The second-order valence-electron chi connectivity index (χ2n) is 7.75. The maximum absolute atomic E-state index is 12.5. The number of rotatable bonds is 6. The molecule has 2 amide bonds. The highest BCUT2D eigenvalue weighted by molar-refractivity contribution is 5.93. The van der Waals surface area contributed by atoms with Gasteiger partial charge in [-0.1, -0.05) is 12.1 Å². The lowest BCUT2D eigenvalue weighted by Crippen LogP contribution is -2.44. The fourth-order valence-corrected chi connectivity index (χ4v) is 4.10. The predicted molar refractivity (Wildman–Crippen MR) is 108 cm³/mol. The van der Waals surface area contributed by atoms with Crippen LogP contribution in [-0.4, -0.2) is 47.9 Å². The Bertz CT molecular complexity index is 855. The van der Waals surface area contributed by atoms with Gasteiger partial charge in [0, 0.05) is 36.2 Å². The lowest BCUT2D eigenvalue weighted by molar-refractivity contribution is -0.124. The summed E-state index contributed by atoms with van der Waals surface area (Å²) in [5, 5.41) is 4.20. The first kappa shape index (κ1) is 19.4. The molecule has 146 valence electrons. The van der Waals surface area contributed by atoms with Gasteiger partial charge in [-0.3, -0.25) is 9.59 Å². The minimum Gasteiger partial charge on any atom is -0.369 e. The zero-order valence-electron chi connectivity index (χ0n) is 16.5. The zero-order chi connectivity index (χ0) is 19.6. The van der Waals surface area contributed by atoms with Crippen LogP contribution < -0.4 is 11.1 Å². The summed E-state index contributed by atoms with van der Waals surface area (Å²) in [6, 6.07) is 4.22. The van der Waals surface area contributed by atoms with Gasteiger partial charge in [-0.05, 0) is 56.8 Å². The van der Waals surface area contributed by atoms with E-state index in [1.54, 1.807) is 0 Å². The van der Waals surface area contributed by atoms with E-state index in [1.165, 1.54) is 16.5 Å². The summed E-state index contributed by atoms with van der Waals surface area (Å²) >= 11 is 0. The molecule has 0 aliphatic carbocycles. The molecule has 1 aromatic carbocycles. The van der Waals surface area contributed by atoms with E-state index in [1.807, 2.05) is 6.92 Å². The van der Waals surface area contributed by atoms with Crippen LogP contribution in [0.2, 0.25) is 0 Å². The molecule has 6 nitrogen and oxygen atoms in total. The van der Waals surface area contributed by atoms with Crippen LogP contribution in [0.1, 0.15) is 35.2 Å². The van der Waals surface area contributed by atoms with E-state index in [0.29, 0.717) is 19.5 Å². The molecule has 0 bridgehead atoms. The quantitative estimate of drug-likeness (QED) is 0.726. The summed E-state index contributed by atoms with van der Waals surface area (Å²) in [6.45, 7) is 9.19. The van der Waals surface area contributed by atoms with Crippen molar-refractivity contribution >= 4 is 22.7 Å². The van der Waals surface area contributed by atoms with Crippen LogP contribution >= 0.6 is 0 Å². The summed E-state index contributed by atoms with van der Waals surface area (Å²) in [5.74, 6) is -0.248. The van der Waals surface area contributed by atoms with Gasteiger partial charge in [0.15, 0.2) is 0 Å². The Labute approximate surface area is 160 Å². The molecule has 3 rings (SSSR count). The number of nitrogens with two attached hydrogens (primary N) is 1. The number of nitrogens with zero attached hydrogens (tertiary/aromatic N) is 1. The molecule has 2 aromatic rings. The number of likely N-dealkylation sites (tertiary alicyclic amines) is 1. The van der Waals surface area contributed by atoms with Crippen LogP contribution in [0.5, 0.6) is 0 Å². The molecule has 0 saturated carbocycles. The van der Waals surface area contributed by atoms with Gasteiger partial charge in [0.25, 0.3) is 0 Å². The number of fused-ring (bicyclic) bond motifs is 1. The summed E-state index contributed by atoms with van der Waals surface area (Å²) in [5.41, 5.74) is 11.1. The van der Waals surface area contributed by atoms with Crippen molar-refractivity contribution in [2.75, 3.05) is 26.2 Å². The van der Waals surface area contributed by atoms with Crippen molar-refractivity contribution in [1.29, 1.82) is 0 Å². The van der Waals surface area contributed by atoms with Gasteiger partial charge in [0.2, 0.25) is 11.8 Å². The van der Waals surface area contributed by atoms with Crippen molar-refractivity contribution < 1.29 is 9.59 Å². The normalized spacial score (nSPS) is 18.0. The van der Waals surface area contributed by atoms with Crippen LogP contribution in [0.15, 0.2) is 12.1 Å². The van der Waals surface area contributed by atoms with Crippen molar-refractivity contribution in [3.8, 4) is 0 Å². The Morgan fingerprint density at radius 2 is 2.00 bits per heavy atom. The molecule has 1 aromatic heterocycles. The number of piperidine rings is 1. The summed E-state index contributed by atoms with van der Waals surface area (Å²) in [4.78, 5) is 29.5. The maximum atomic E-state index is 12.5. The van der Waals surface area contributed by atoms with E-state index < -0.39 is 0 Å². The highest BCUT2D eigenvalue weighted by Crippen LogP contribution is 2.28. The topological polar surface area (TPSA) is 91.2 Å². The number of aromatic nitrogens is 1. The van der Waals surface area contributed by atoms with E-state index in [2.05, 4.69) is 41.2 Å². The maximum Gasteiger partial charge on any atom is 0.224 e. The lowest BCUT2D eigenvalue weighted by Gasteiger charge is -2.31. The fourth-order valence-electron chi connectivity index (χ4n) is 4.10. The SMILES string of the molecule is Cc1[nH]c2c(C)ccc(C)c2c1CC(=O)NCCN1CCC[C@@H](C(N)=O)C1. The molecule has 1 fully saturated rings. The van der Waals surface area contributed by atoms with Crippen molar-refractivity contribution in [3.05, 3.63) is 34.5 Å². The third-order valence-corrected chi connectivity index (χ3v) is 5.68. The molecule has 0 unspecified atom stereocenters. The monoisotopic (exact) mass is 370 g/mol. The van der Waals surface area contributed by atoms with Crippen LogP contribution in [0.25, 0.3) is 10.9 Å². The van der Waals surface area contributed by atoms with E-state index in [-0.39, 0.29) is 17.7 Å². The standard InChI is InChI=1S/C21H30N4O2/c1-13-6-7-14(2)20-19(13)17(15(3)24-20)11-18(26)23-8-10-25-9-4-5-16(12-25)21(22)27/h6-7,16,24H,4-5,8-12H2,1-3H3,(H2,22,27)(H,23,26)/t16-/m1/s1. The minimum atomic E-state index is -0.218. The first-order valence-corrected chi connectivity index (χ1v) is 9.72. The van der Waals surface area contributed by atoms with Gasteiger partial charge >= 0.3 is 0 Å². The molecule has 0 spiro atoms. The number of aromatic amines is 1. The molecule has 1 saturated heterocycles. The number of hydrogen-bond acceptors (Lipinski definition) is 3. The lowest BCUT2D eigenvalue weighted by atomic mass is 9.97. The Morgan fingerprint density at radius 3 is 2.74 bits per heavy atom. The Hall–Kier alpha value is -2.34. The van der Waals surface area contributed by atoms with Crippen LogP contribution in [0.3, 0.4) is 0 Å². The smallest absolute Gasteiger partial charge is 0.224 e. The highest BCUT2D eigenvalue weighted by atomic mass is 16.2. The second-order valence-corrected chi connectivity index (χ2v) is 7.75. The number of hydrogen-bond donors (Lipinski definition) is 3. The van der Waals surface area contributed by atoms with Crippen LogP contribution in [0, 0.1) is 26.7 Å². The number of H-pyrrole nitrogens is 1. The van der Waals surface area contributed by atoms with Gasteiger partial charge in [-0.25, -0.2) is 0 Å². The number of primary amides is 1. The van der Waals surface area contributed by atoms with Gasteiger partial charge in [-0.2, -0.15) is 0 Å². The van der Waals surface area contributed by atoms with E-state index in [0.717, 1.165) is 42.7 Å². The van der Waals surface area contributed by atoms with Gasteiger partial charge < -0.3 is 20.9 Å². The summed E-state index contributed by atoms with van der Waals surface area (Å²) in [7, 11) is 0. The predicted octanol–water partition coefficient (Wildman–Crippen LogP) is 1.95. The number of carbonyl (C=O) groups excluding carboxylic acids is 2. The molecule has 1 aliphatic heterocycles. The van der Waals surface area contributed by atoms with Crippen molar-refractivity contribution in [1.82, 2.24) is 15.2 Å². The Morgan fingerprint density at radius 1 is 1.26 bits per heavy atom. The molecule has 27 heavy (non-hydrogen) atoms. The van der Waals surface area contributed by atoms with Gasteiger partial charge in [0.05, 0.1) is 12.3 Å². The van der Waals surface area contributed by atoms with Gasteiger partial charge in [-0.15, -0.1) is 0 Å². The Kier molecular flexibility index (Phi) is 5.85. The molecule has 1 atom stereocenters. The minimum absolute atomic E-state index is 0.0309. The number of carbonyl (C=O) groups is 2. The average Bonchev–Trinajstić information content (AvgIpc) is 2.96. The van der Waals surface area contributed by atoms with Crippen LogP contribution in [-0.2, 0) is 16.0 Å². The fraction of sp³-hybridized carbons (Fsp3) is 0.524. The molecule has 2 heterocycles. The molecule has 0 radical (unpaired) electrons. The third-order valence-electron chi connectivity index (χ3n) is 5.68. The molecular formula is C21H30N4O2. The summed E-state index contributed by atoms with van der Waals surface area (Å²) < 4.78 is 0. The number of aryl methyl sites for hydroxylation is 3. The Balaban J connectivity index is 1.57. The highest BCUT2D eigenvalue weighted by Gasteiger charge is 2.23. The van der Waals surface area contributed by atoms with Gasteiger partial charge in [0.1, 0.15) is 0 Å². The second kappa shape index (κ2) is 8.13. The first-order valence-electron chi connectivity index (χ1n) is 9.72. The van der Waals surface area contributed by atoms with Crippen molar-refractivity contribution in [2.24, 2.45) is 11.7 Å². The third kappa shape index (κ3) is 4.33. The van der Waals surface area contributed by atoms with Crippen molar-refractivity contribution in [3.63, 3.8) is 0 Å². The van der Waals surface area contributed by atoms with Crippen LogP contribution in [0.4, 0.5) is 0 Å². The zero-order valence-corrected chi connectivity index (χ0v) is 16.5. The molecule has 6 heteroatoms. The van der Waals surface area contributed by atoms with Crippen molar-refractivity contribution in [2.45, 2.75) is 40.0 Å². The first-order chi connectivity index (χ1) is 12.9. The number of nitrogens with one attached hydrogen (secondary N) is 2.